The van der Waals surface area contributed by atoms with Gasteiger partial charge in [0.2, 0.25) is 11.8 Å². The van der Waals surface area contributed by atoms with Crippen LogP contribution >= 0.6 is 11.6 Å². The van der Waals surface area contributed by atoms with E-state index in [1.807, 2.05) is 83.1 Å². The summed E-state index contributed by atoms with van der Waals surface area (Å²) in [7, 11) is 4.21. The van der Waals surface area contributed by atoms with Gasteiger partial charge < -0.3 is 44.6 Å². The fraction of sp³-hybridized carbons (Fsp3) is 0.488. The minimum absolute atomic E-state index is 0.0514. The van der Waals surface area contributed by atoms with Crippen LogP contribution in [0.3, 0.4) is 0 Å². The van der Waals surface area contributed by atoms with Crippen LogP contribution in [-0.4, -0.2) is 106 Å². The SMILES string of the molecule is COC[C@H]1C[C@@H](c2ncc(-c3ccc(-c4ccc(-c5[nH]c([C@@H]6CC[C@H](C)N6C(=O)C(NC(=O)OC)C(C)C)nc5Cl)cc4)cc3)[nH]2)N(C(=O)[C@@H](NC(=O)OC)C(C)C)C1. The lowest BCUT2D eigenvalue weighted by molar-refractivity contribution is -0.137. The number of ether oxygens (including phenoxy) is 3. The van der Waals surface area contributed by atoms with E-state index < -0.39 is 24.3 Å². The Morgan fingerprint density at radius 2 is 1.34 bits per heavy atom. The van der Waals surface area contributed by atoms with Crippen molar-refractivity contribution in [3.05, 3.63) is 71.5 Å². The molecule has 2 aromatic carbocycles. The maximum atomic E-state index is 13.8. The van der Waals surface area contributed by atoms with E-state index in [2.05, 4.69) is 25.6 Å². The van der Waals surface area contributed by atoms with Gasteiger partial charge in [-0.2, -0.15) is 0 Å². The second kappa shape index (κ2) is 18.7. The number of hydrogen-bond acceptors (Lipinski definition) is 9. The number of halogens is 1. The highest BCUT2D eigenvalue weighted by molar-refractivity contribution is 6.31. The van der Waals surface area contributed by atoms with Gasteiger partial charge in [0.25, 0.3) is 0 Å². The first kappa shape index (κ1) is 43.2. The van der Waals surface area contributed by atoms with E-state index in [0.29, 0.717) is 48.5 Å². The average Bonchev–Trinajstić information content (AvgIpc) is 4.04. The zero-order valence-electron chi connectivity index (χ0n) is 34.9. The normalized spacial score (nSPS) is 20.2. The molecule has 0 bridgehead atoms. The molecule has 0 aliphatic carbocycles. The van der Waals surface area contributed by atoms with Crippen molar-refractivity contribution in [3.63, 3.8) is 0 Å². The molecule has 59 heavy (non-hydrogen) atoms. The van der Waals surface area contributed by atoms with Crippen LogP contribution in [0.1, 0.15) is 77.6 Å². The first-order chi connectivity index (χ1) is 28.2. The first-order valence-electron chi connectivity index (χ1n) is 20.1. The average molecular weight is 831 g/mol. The number of H-pyrrole nitrogens is 2. The molecule has 6 atom stereocenters. The summed E-state index contributed by atoms with van der Waals surface area (Å²) in [6.45, 7) is 10.5. The number of aromatic amines is 2. The third-order valence-electron chi connectivity index (χ3n) is 11.4. The van der Waals surface area contributed by atoms with Crippen molar-refractivity contribution in [1.29, 1.82) is 0 Å². The highest BCUT2D eigenvalue weighted by Gasteiger charge is 2.43. The lowest BCUT2D eigenvalue weighted by Gasteiger charge is -2.32. The second-order valence-corrected chi connectivity index (χ2v) is 16.4. The van der Waals surface area contributed by atoms with E-state index in [9.17, 15) is 19.2 Å². The topological polar surface area (TPSA) is 184 Å². The molecule has 2 aliphatic heterocycles. The molecule has 15 nitrogen and oxygen atoms in total. The van der Waals surface area contributed by atoms with Gasteiger partial charge in [-0.25, -0.2) is 19.6 Å². The summed E-state index contributed by atoms with van der Waals surface area (Å²) >= 11 is 6.72. The van der Waals surface area contributed by atoms with Gasteiger partial charge >= 0.3 is 12.2 Å². The number of nitrogens with zero attached hydrogens (tertiary/aromatic N) is 4. The van der Waals surface area contributed by atoms with Crippen molar-refractivity contribution in [2.45, 2.75) is 84.1 Å². The van der Waals surface area contributed by atoms with Gasteiger partial charge in [0, 0.05) is 31.2 Å². The molecule has 0 saturated carbocycles. The quantitative estimate of drug-likeness (QED) is 0.109. The molecule has 16 heteroatoms. The molecule has 0 spiro atoms. The Morgan fingerprint density at radius 1 is 0.780 bits per heavy atom. The molecule has 2 aliphatic rings. The van der Waals surface area contributed by atoms with Crippen LogP contribution in [0.2, 0.25) is 5.15 Å². The minimum atomic E-state index is -0.748. The highest BCUT2D eigenvalue weighted by atomic mass is 35.5. The first-order valence-corrected chi connectivity index (χ1v) is 20.4. The van der Waals surface area contributed by atoms with Crippen LogP contribution in [-0.2, 0) is 23.8 Å². The maximum Gasteiger partial charge on any atom is 0.407 e. The summed E-state index contributed by atoms with van der Waals surface area (Å²) < 4.78 is 15.0. The Bertz CT molecular complexity index is 2100. The van der Waals surface area contributed by atoms with Crippen LogP contribution in [0, 0.1) is 17.8 Å². The molecule has 2 saturated heterocycles. The molecule has 0 radical (unpaired) electrons. The molecule has 2 fully saturated rings. The van der Waals surface area contributed by atoms with Gasteiger partial charge in [0.15, 0.2) is 5.15 Å². The Kier molecular flexibility index (Phi) is 13.7. The summed E-state index contributed by atoms with van der Waals surface area (Å²) in [5.41, 5.74) is 5.28. The number of hydrogen-bond donors (Lipinski definition) is 4. The Hall–Kier alpha value is -5.41. The molecule has 4 heterocycles. The number of rotatable bonds is 13. The van der Waals surface area contributed by atoms with Crippen molar-refractivity contribution in [2.75, 3.05) is 34.5 Å². The van der Waals surface area contributed by atoms with E-state index in [-0.39, 0.29) is 47.7 Å². The van der Waals surface area contributed by atoms with E-state index >= 15 is 0 Å². The fourth-order valence-corrected chi connectivity index (χ4v) is 8.43. The van der Waals surface area contributed by atoms with Crippen LogP contribution in [0.15, 0.2) is 54.7 Å². The number of aromatic nitrogens is 4. The van der Waals surface area contributed by atoms with E-state index in [4.69, 9.17) is 30.8 Å². The standard InChI is InChI=1S/C43H55ClN8O7/c1-23(2)34(48-42(55)58-7)40(53)51-21-26(22-57-6)19-33(51)38-45-20-31(46-38)29-14-10-27(11-15-29)28-12-16-30(17-13-28)36-37(44)50-39(47-36)32-18-9-25(5)52(32)41(54)35(24(3)4)49-43(56)59-8/h10-17,20,23-26,32-35H,9,18-19,21-22H2,1-8H3,(H,45,46)(H,47,50)(H,48,55)(H,49,56)/t25-,26-,32-,33-,34-,35?/m0/s1. The molecular formula is C43H55ClN8O7. The molecule has 4 amide bonds. The number of methoxy groups -OCH3 is 3. The Morgan fingerprint density at radius 3 is 1.90 bits per heavy atom. The number of carbonyl (C=O) groups excluding carboxylic acids is 4. The van der Waals surface area contributed by atoms with Crippen LogP contribution in [0.25, 0.3) is 33.6 Å². The van der Waals surface area contributed by atoms with Gasteiger partial charge in [0.1, 0.15) is 23.7 Å². The van der Waals surface area contributed by atoms with E-state index in [1.54, 1.807) is 23.1 Å². The van der Waals surface area contributed by atoms with Crippen LogP contribution in [0.4, 0.5) is 9.59 Å². The Balaban J connectivity index is 1.16. The van der Waals surface area contributed by atoms with Crippen LogP contribution in [0.5, 0.6) is 0 Å². The maximum absolute atomic E-state index is 13.8. The summed E-state index contributed by atoms with van der Waals surface area (Å²) in [6.07, 6.45) is 2.64. The summed E-state index contributed by atoms with van der Waals surface area (Å²) in [5.74, 6) is 0.706. The number of carbonyl (C=O) groups is 4. The van der Waals surface area contributed by atoms with Gasteiger partial charge in [0.05, 0.1) is 50.5 Å². The number of alkyl carbamates (subject to hydrolysis) is 2. The van der Waals surface area contributed by atoms with Gasteiger partial charge in [-0.3, -0.25) is 9.59 Å². The number of nitrogens with one attached hydrogen (secondary N) is 4. The van der Waals surface area contributed by atoms with Gasteiger partial charge in [-0.15, -0.1) is 0 Å². The summed E-state index contributed by atoms with van der Waals surface area (Å²) in [6, 6.07) is 14.0. The molecular weight excluding hydrogens is 776 g/mol. The van der Waals surface area contributed by atoms with E-state index in [1.165, 1.54) is 14.2 Å². The zero-order valence-corrected chi connectivity index (χ0v) is 35.6. The summed E-state index contributed by atoms with van der Waals surface area (Å²) in [5, 5.41) is 5.72. The van der Waals surface area contributed by atoms with Gasteiger partial charge in [-0.05, 0) is 54.7 Å². The minimum Gasteiger partial charge on any atom is -0.453 e. The molecule has 2 aromatic heterocycles. The molecule has 4 N–H and O–H groups in total. The number of imidazole rings is 2. The van der Waals surface area contributed by atoms with Crippen LogP contribution < -0.4 is 10.6 Å². The third kappa shape index (κ3) is 9.41. The second-order valence-electron chi connectivity index (χ2n) is 16.1. The van der Waals surface area contributed by atoms with Crippen molar-refractivity contribution < 1.29 is 33.4 Å². The van der Waals surface area contributed by atoms with E-state index in [0.717, 1.165) is 34.4 Å². The molecule has 316 valence electrons. The lowest BCUT2D eigenvalue weighted by atomic mass is 10.0. The smallest absolute Gasteiger partial charge is 0.407 e. The van der Waals surface area contributed by atoms with Gasteiger partial charge in [-0.1, -0.05) is 87.8 Å². The predicted octanol–water partition coefficient (Wildman–Crippen LogP) is 7.14. The fourth-order valence-electron chi connectivity index (χ4n) is 8.19. The Labute approximate surface area is 349 Å². The lowest BCUT2D eigenvalue weighted by Crippen LogP contribution is -2.52. The molecule has 1 unspecified atom stereocenters. The predicted molar refractivity (Wildman–Crippen MR) is 223 cm³/mol. The third-order valence-corrected chi connectivity index (χ3v) is 11.7. The summed E-state index contributed by atoms with van der Waals surface area (Å²) in [4.78, 5) is 71.6. The molecule has 4 aromatic rings. The molecule has 6 rings (SSSR count). The number of likely N-dealkylation sites (tertiary alicyclic amines) is 2. The van der Waals surface area contributed by atoms with Crippen molar-refractivity contribution >= 4 is 35.6 Å². The zero-order chi connectivity index (χ0) is 42.5. The largest absolute Gasteiger partial charge is 0.453 e. The van der Waals surface area contributed by atoms with Crippen molar-refractivity contribution in [1.82, 2.24) is 40.4 Å². The monoisotopic (exact) mass is 830 g/mol. The van der Waals surface area contributed by atoms with Crippen molar-refractivity contribution in [3.8, 4) is 33.6 Å². The number of amides is 4. The number of benzene rings is 2. The van der Waals surface area contributed by atoms with Crippen molar-refractivity contribution in [2.24, 2.45) is 17.8 Å². The highest BCUT2D eigenvalue weighted by Crippen LogP contribution is 2.39.